The Balaban J connectivity index is 1.54. The highest BCUT2D eigenvalue weighted by molar-refractivity contribution is 5.95. The number of benzene rings is 2. The molecule has 6 heteroatoms. The summed E-state index contributed by atoms with van der Waals surface area (Å²) < 4.78 is 16.5. The van der Waals surface area contributed by atoms with E-state index in [0.29, 0.717) is 42.7 Å². The summed E-state index contributed by atoms with van der Waals surface area (Å²) in [4.78, 5) is 17.3. The van der Waals surface area contributed by atoms with Crippen LogP contribution in [-0.2, 0) is 6.54 Å². The third-order valence-electron chi connectivity index (χ3n) is 5.59. The third-order valence-corrected chi connectivity index (χ3v) is 5.59. The Hall–Kier alpha value is -2.73. The number of hydrogen-bond donors (Lipinski definition) is 0. The van der Waals surface area contributed by atoms with Gasteiger partial charge in [0.05, 0.1) is 20.8 Å². The molecule has 1 heterocycles. The fraction of sp³-hybridized carbons (Fsp3) is 0.480. The minimum atomic E-state index is 0.0381. The van der Waals surface area contributed by atoms with Gasteiger partial charge in [-0.05, 0) is 48.2 Å². The average molecular weight is 427 g/mol. The van der Waals surface area contributed by atoms with Crippen molar-refractivity contribution in [2.75, 3.05) is 47.0 Å². The molecule has 0 atom stereocenters. The Morgan fingerprint density at radius 1 is 0.935 bits per heavy atom. The third kappa shape index (κ3) is 6.37. The molecule has 0 saturated carbocycles. The number of amides is 1. The molecule has 0 aliphatic carbocycles. The van der Waals surface area contributed by atoms with Gasteiger partial charge in [-0.15, -0.1) is 0 Å². The van der Waals surface area contributed by atoms with E-state index in [-0.39, 0.29) is 5.91 Å². The second kappa shape index (κ2) is 11.0. The monoisotopic (exact) mass is 426 g/mol. The van der Waals surface area contributed by atoms with Crippen LogP contribution in [0.15, 0.2) is 42.5 Å². The van der Waals surface area contributed by atoms with Crippen molar-refractivity contribution in [3.05, 3.63) is 53.6 Å². The first-order chi connectivity index (χ1) is 15.0. The average Bonchev–Trinajstić information content (AvgIpc) is 2.79. The van der Waals surface area contributed by atoms with Crippen molar-refractivity contribution in [3.63, 3.8) is 0 Å². The maximum Gasteiger partial charge on any atom is 0.254 e. The standard InChI is InChI=1S/C25H34N2O4/c1-19(2)11-16-31-23-10-7-21(17-24(23)30-4)25(28)27-14-12-26(13-15-27)18-20-5-8-22(29-3)9-6-20/h5-10,17,19H,11-16,18H2,1-4H3. The molecule has 6 nitrogen and oxygen atoms in total. The lowest BCUT2D eigenvalue weighted by molar-refractivity contribution is 0.0628. The van der Waals surface area contributed by atoms with Gasteiger partial charge in [-0.3, -0.25) is 9.69 Å². The quantitative estimate of drug-likeness (QED) is 0.605. The molecule has 1 aliphatic heterocycles. The molecular formula is C25H34N2O4. The summed E-state index contributed by atoms with van der Waals surface area (Å²) >= 11 is 0. The van der Waals surface area contributed by atoms with E-state index in [0.717, 1.165) is 31.8 Å². The second-order valence-corrected chi connectivity index (χ2v) is 8.31. The van der Waals surface area contributed by atoms with Crippen molar-refractivity contribution in [2.24, 2.45) is 5.92 Å². The first-order valence-corrected chi connectivity index (χ1v) is 11.0. The lowest BCUT2D eigenvalue weighted by Crippen LogP contribution is -2.48. The summed E-state index contributed by atoms with van der Waals surface area (Å²) in [5.41, 5.74) is 1.88. The number of methoxy groups -OCH3 is 2. The molecule has 0 aromatic heterocycles. The van der Waals surface area contributed by atoms with E-state index in [1.165, 1.54) is 5.56 Å². The van der Waals surface area contributed by atoms with Crippen molar-refractivity contribution < 1.29 is 19.0 Å². The van der Waals surface area contributed by atoms with E-state index in [1.807, 2.05) is 29.2 Å². The van der Waals surface area contributed by atoms with E-state index in [4.69, 9.17) is 14.2 Å². The highest BCUT2D eigenvalue weighted by atomic mass is 16.5. The number of carbonyl (C=O) groups excluding carboxylic acids is 1. The van der Waals surface area contributed by atoms with Crippen molar-refractivity contribution in [1.29, 1.82) is 0 Å². The lowest BCUT2D eigenvalue weighted by atomic mass is 10.1. The summed E-state index contributed by atoms with van der Waals surface area (Å²) in [6, 6.07) is 13.6. The van der Waals surface area contributed by atoms with Crippen LogP contribution >= 0.6 is 0 Å². The second-order valence-electron chi connectivity index (χ2n) is 8.31. The highest BCUT2D eigenvalue weighted by Crippen LogP contribution is 2.29. The predicted molar refractivity (Wildman–Crippen MR) is 122 cm³/mol. The zero-order valence-electron chi connectivity index (χ0n) is 19.1. The number of nitrogens with zero attached hydrogens (tertiary/aromatic N) is 2. The molecule has 0 spiro atoms. The van der Waals surface area contributed by atoms with Gasteiger partial charge in [0.2, 0.25) is 0 Å². The van der Waals surface area contributed by atoms with E-state index >= 15 is 0 Å². The Morgan fingerprint density at radius 3 is 2.26 bits per heavy atom. The molecule has 0 radical (unpaired) electrons. The zero-order chi connectivity index (χ0) is 22.2. The summed E-state index contributed by atoms with van der Waals surface area (Å²) in [5.74, 6) is 2.77. The first kappa shape index (κ1) is 22.9. The van der Waals surface area contributed by atoms with Gasteiger partial charge < -0.3 is 19.1 Å². The summed E-state index contributed by atoms with van der Waals surface area (Å²) in [5, 5.41) is 0. The summed E-state index contributed by atoms with van der Waals surface area (Å²) in [6.45, 7) is 8.97. The van der Waals surface area contributed by atoms with Gasteiger partial charge in [0.15, 0.2) is 11.5 Å². The molecule has 168 valence electrons. The van der Waals surface area contributed by atoms with Crippen LogP contribution < -0.4 is 14.2 Å². The fourth-order valence-corrected chi connectivity index (χ4v) is 3.61. The first-order valence-electron chi connectivity index (χ1n) is 11.0. The Labute approximate surface area is 185 Å². The maximum atomic E-state index is 13.0. The van der Waals surface area contributed by atoms with Gasteiger partial charge >= 0.3 is 0 Å². The van der Waals surface area contributed by atoms with Crippen LogP contribution in [0.4, 0.5) is 0 Å². The molecule has 2 aromatic carbocycles. The van der Waals surface area contributed by atoms with E-state index < -0.39 is 0 Å². The lowest BCUT2D eigenvalue weighted by Gasteiger charge is -2.35. The molecule has 3 rings (SSSR count). The molecule has 31 heavy (non-hydrogen) atoms. The number of ether oxygens (including phenoxy) is 3. The molecule has 0 bridgehead atoms. The van der Waals surface area contributed by atoms with Gasteiger partial charge in [-0.2, -0.15) is 0 Å². The minimum Gasteiger partial charge on any atom is -0.497 e. The van der Waals surface area contributed by atoms with Crippen LogP contribution in [0, 0.1) is 5.92 Å². The van der Waals surface area contributed by atoms with Crippen LogP contribution in [0.1, 0.15) is 36.2 Å². The fourth-order valence-electron chi connectivity index (χ4n) is 3.61. The van der Waals surface area contributed by atoms with Crippen molar-refractivity contribution in [1.82, 2.24) is 9.80 Å². The van der Waals surface area contributed by atoms with Crippen LogP contribution in [0.2, 0.25) is 0 Å². The molecule has 1 aliphatic rings. The van der Waals surface area contributed by atoms with Crippen LogP contribution in [0.5, 0.6) is 17.2 Å². The Kier molecular flexibility index (Phi) is 8.18. The topological polar surface area (TPSA) is 51.2 Å². The number of carbonyl (C=O) groups is 1. The van der Waals surface area contributed by atoms with Gasteiger partial charge in [0.1, 0.15) is 5.75 Å². The Bertz CT molecular complexity index is 843. The van der Waals surface area contributed by atoms with Crippen LogP contribution in [0.3, 0.4) is 0 Å². The Morgan fingerprint density at radius 2 is 1.65 bits per heavy atom. The SMILES string of the molecule is COc1ccc(CN2CCN(C(=O)c3ccc(OCCC(C)C)c(OC)c3)CC2)cc1. The molecular weight excluding hydrogens is 392 g/mol. The van der Waals surface area contributed by atoms with Crippen molar-refractivity contribution in [2.45, 2.75) is 26.8 Å². The van der Waals surface area contributed by atoms with Crippen molar-refractivity contribution in [3.8, 4) is 17.2 Å². The van der Waals surface area contributed by atoms with Gasteiger partial charge in [-0.25, -0.2) is 0 Å². The number of piperazine rings is 1. The number of hydrogen-bond acceptors (Lipinski definition) is 5. The normalized spacial score (nSPS) is 14.5. The largest absolute Gasteiger partial charge is 0.497 e. The smallest absolute Gasteiger partial charge is 0.254 e. The molecule has 1 fully saturated rings. The van der Waals surface area contributed by atoms with Gasteiger partial charge in [0.25, 0.3) is 5.91 Å². The van der Waals surface area contributed by atoms with E-state index in [1.54, 1.807) is 20.3 Å². The van der Waals surface area contributed by atoms with E-state index in [9.17, 15) is 4.79 Å². The van der Waals surface area contributed by atoms with Crippen LogP contribution in [0.25, 0.3) is 0 Å². The van der Waals surface area contributed by atoms with Crippen LogP contribution in [-0.4, -0.2) is 62.7 Å². The molecule has 2 aromatic rings. The zero-order valence-corrected chi connectivity index (χ0v) is 19.1. The molecule has 0 unspecified atom stereocenters. The van der Waals surface area contributed by atoms with Crippen molar-refractivity contribution >= 4 is 5.91 Å². The van der Waals surface area contributed by atoms with Gasteiger partial charge in [0, 0.05) is 38.3 Å². The maximum absolute atomic E-state index is 13.0. The minimum absolute atomic E-state index is 0.0381. The van der Waals surface area contributed by atoms with Gasteiger partial charge in [-0.1, -0.05) is 26.0 Å². The summed E-state index contributed by atoms with van der Waals surface area (Å²) in [7, 11) is 3.28. The molecule has 1 amide bonds. The molecule has 0 N–H and O–H groups in total. The van der Waals surface area contributed by atoms with E-state index in [2.05, 4.69) is 30.9 Å². The number of rotatable bonds is 9. The highest BCUT2D eigenvalue weighted by Gasteiger charge is 2.23. The molecule has 1 saturated heterocycles. The summed E-state index contributed by atoms with van der Waals surface area (Å²) in [6.07, 6.45) is 0.977. The predicted octanol–water partition coefficient (Wildman–Crippen LogP) is 4.09.